The second-order valence-electron chi connectivity index (χ2n) is 6.57. The lowest BCUT2D eigenvalue weighted by molar-refractivity contribution is -0.120. The van der Waals surface area contributed by atoms with Gasteiger partial charge in [-0.2, -0.15) is 0 Å². The van der Waals surface area contributed by atoms with Crippen molar-refractivity contribution in [1.29, 1.82) is 0 Å². The number of aryl methyl sites for hydroxylation is 1. The molecule has 5 heteroatoms. The summed E-state index contributed by atoms with van der Waals surface area (Å²) in [5.41, 5.74) is 2.85. The first kappa shape index (κ1) is 17.2. The van der Waals surface area contributed by atoms with Crippen molar-refractivity contribution in [2.24, 2.45) is 0 Å². The van der Waals surface area contributed by atoms with Crippen LogP contribution in [0.5, 0.6) is 5.75 Å². The van der Waals surface area contributed by atoms with Crippen molar-refractivity contribution in [3.05, 3.63) is 66.6 Å². The highest BCUT2D eigenvalue weighted by molar-refractivity contribution is 5.88. The van der Waals surface area contributed by atoms with Crippen molar-refractivity contribution in [3.63, 3.8) is 0 Å². The third-order valence-corrected chi connectivity index (χ3v) is 4.79. The van der Waals surface area contributed by atoms with E-state index in [4.69, 9.17) is 9.15 Å². The number of para-hydroxylation sites is 1. The topological polar surface area (TPSA) is 56.4 Å². The van der Waals surface area contributed by atoms with Gasteiger partial charge in [-0.25, -0.2) is 0 Å². The third-order valence-electron chi connectivity index (χ3n) is 4.79. The summed E-state index contributed by atoms with van der Waals surface area (Å²) in [5.74, 6) is 0.747. The lowest BCUT2D eigenvalue weighted by Gasteiger charge is -2.07. The van der Waals surface area contributed by atoms with Gasteiger partial charge in [-0.3, -0.25) is 4.79 Å². The van der Waals surface area contributed by atoms with Gasteiger partial charge in [0.25, 0.3) is 0 Å². The number of fused-ring (bicyclic) bond motifs is 2. The molecule has 0 fully saturated rings. The largest absolute Gasteiger partial charge is 0.497 e. The summed E-state index contributed by atoms with van der Waals surface area (Å²) in [5, 5.41) is 5.19. The van der Waals surface area contributed by atoms with Crippen LogP contribution in [0.25, 0.3) is 21.9 Å². The van der Waals surface area contributed by atoms with Crippen LogP contribution in [-0.4, -0.2) is 24.1 Å². The van der Waals surface area contributed by atoms with Crippen molar-refractivity contribution in [2.75, 3.05) is 13.7 Å². The summed E-state index contributed by atoms with van der Waals surface area (Å²) in [6.45, 7) is 1.52. The number of nitrogens with zero attached hydrogens (tertiary/aromatic N) is 1. The number of furan rings is 1. The average molecular weight is 362 g/mol. The molecular weight excluding hydrogens is 340 g/mol. The lowest BCUT2D eigenvalue weighted by Crippen LogP contribution is -2.26. The Kier molecular flexibility index (Phi) is 4.83. The number of rotatable bonds is 7. The maximum absolute atomic E-state index is 12.3. The van der Waals surface area contributed by atoms with Gasteiger partial charge in [0, 0.05) is 41.8 Å². The predicted octanol–water partition coefficient (Wildman–Crippen LogP) is 4.15. The van der Waals surface area contributed by atoms with E-state index in [1.54, 1.807) is 13.4 Å². The molecule has 0 saturated carbocycles. The van der Waals surface area contributed by atoms with E-state index in [0.29, 0.717) is 13.0 Å². The average Bonchev–Trinajstić information content (AvgIpc) is 3.29. The van der Waals surface area contributed by atoms with Gasteiger partial charge < -0.3 is 19.0 Å². The molecule has 1 amide bonds. The van der Waals surface area contributed by atoms with Crippen LogP contribution in [0.15, 0.2) is 65.4 Å². The summed E-state index contributed by atoms with van der Waals surface area (Å²) in [7, 11) is 1.62. The van der Waals surface area contributed by atoms with Crippen LogP contribution in [0, 0.1) is 0 Å². The smallest absolute Gasteiger partial charge is 0.224 e. The fourth-order valence-electron chi connectivity index (χ4n) is 3.38. The molecule has 2 aromatic carbocycles. The van der Waals surface area contributed by atoms with E-state index in [-0.39, 0.29) is 5.91 Å². The highest BCUT2D eigenvalue weighted by atomic mass is 16.5. The fourth-order valence-corrected chi connectivity index (χ4v) is 3.38. The van der Waals surface area contributed by atoms with E-state index in [9.17, 15) is 4.79 Å². The molecule has 0 atom stereocenters. The number of carbonyl (C=O) groups excluding carboxylic acids is 1. The Balaban J connectivity index is 1.30. The maximum Gasteiger partial charge on any atom is 0.224 e. The van der Waals surface area contributed by atoms with E-state index < -0.39 is 0 Å². The van der Waals surface area contributed by atoms with E-state index in [0.717, 1.165) is 35.2 Å². The molecule has 2 heterocycles. The summed E-state index contributed by atoms with van der Waals surface area (Å²) in [6, 6.07) is 16.1. The van der Waals surface area contributed by atoms with Gasteiger partial charge in [0.15, 0.2) is 0 Å². The maximum atomic E-state index is 12.3. The van der Waals surface area contributed by atoms with Crippen molar-refractivity contribution < 1.29 is 13.9 Å². The number of methoxy groups -OCH3 is 1. The molecule has 1 N–H and O–H groups in total. The highest BCUT2D eigenvalue weighted by Gasteiger charge is 2.11. The lowest BCUT2D eigenvalue weighted by atomic mass is 10.1. The minimum atomic E-state index is 0.00545. The molecule has 0 bridgehead atoms. The van der Waals surface area contributed by atoms with Crippen LogP contribution in [-0.2, 0) is 17.8 Å². The number of ether oxygens (including phenoxy) is 1. The Morgan fingerprint density at radius 1 is 1.19 bits per heavy atom. The SMILES string of the molecule is COc1ccc2c(CC(=O)NCCCn3ccc4ccccc43)coc2c1. The zero-order valence-corrected chi connectivity index (χ0v) is 15.3. The van der Waals surface area contributed by atoms with Gasteiger partial charge in [0.05, 0.1) is 19.8 Å². The first-order valence-corrected chi connectivity index (χ1v) is 9.09. The Morgan fingerprint density at radius 2 is 2.07 bits per heavy atom. The summed E-state index contributed by atoms with van der Waals surface area (Å²) in [4.78, 5) is 12.3. The minimum Gasteiger partial charge on any atom is -0.497 e. The molecule has 0 unspecified atom stereocenters. The van der Waals surface area contributed by atoms with Crippen LogP contribution in [0.1, 0.15) is 12.0 Å². The number of amides is 1. The normalized spacial score (nSPS) is 11.1. The third kappa shape index (κ3) is 3.67. The van der Waals surface area contributed by atoms with Crippen molar-refractivity contribution in [2.45, 2.75) is 19.4 Å². The van der Waals surface area contributed by atoms with Crippen LogP contribution < -0.4 is 10.1 Å². The molecule has 4 rings (SSSR count). The van der Waals surface area contributed by atoms with E-state index in [2.05, 4.69) is 34.3 Å². The molecule has 0 radical (unpaired) electrons. The van der Waals surface area contributed by atoms with Gasteiger partial charge in [-0.1, -0.05) is 18.2 Å². The van der Waals surface area contributed by atoms with Gasteiger partial charge in [-0.15, -0.1) is 0 Å². The number of nitrogens with one attached hydrogen (secondary N) is 1. The zero-order chi connectivity index (χ0) is 18.6. The molecule has 138 valence electrons. The number of benzene rings is 2. The Morgan fingerprint density at radius 3 is 2.96 bits per heavy atom. The minimum absolute atomic E-state index is 0.00545. The van der Waals surface area contributed by atoms with E-state index >= 15 is 0 Å². The van der Waals surface area contributed by atoms with E-state index in [1.807, 2.05) is 30.3 Å². The molecule has 0 spiro atoms. The summed E-state index contributed by atoms with van der Waals surface area (Å²) in [6.07, 6.45) is 4.94. The Labute approximate surface area is 157 Å². The van der Waals surface area contributed by atoms with Gasteiger partial charge in [0.1, 0.15) is 11.3 Å². The number of carbonyl (C=O) groups is 1. The first-order valence-electron chi connectivity index (χ1n) is 9.09. The van der Waals surface area contributed by atoms with Crippen LogP contribution in [0.2, 0.25) is 0 Å². The monoisotopic (exact) mass is 362 g/mol. The van der Waals surface area contributed by atoms with Crippen LogP contribution in [0.3, 0.4) is 0 Å². The van der Waals surface area contributed by atoms with Crippen molar-refractivity contribution >= 4 is 27.8 Å². The number of hydrogen-bond acceptors (Lipinski definition) is 3. The first-order chi connectivity index (χ1) is 13.2. The summed E-state index contributed by atoms with van der Waals surface area (Å²) < 4.78 is 13.0. The van der Waals surface area contributed by atoms with Gasteiger partial charge in [0.2, 0.25) is 5.91 Å². The van der Waals surface area contributed by atoms with E-state index in [1.165, 1.54) is 10.9 Å². The van der Waals surface area contributed by atoms with Crippen molar-refractivity contribution in [3.8, 4) is 5.75 Å². The molecular formula is C22H22N2O3. The molecule has 0 aliphatic carbocycles. The standard InChI is InChI=1S/C22H22N2O3/c1-26-18-7-8-19-17(15-27-21(19)14-18)13-22(25)23-10-4-11-24-12-9-16-5-2-3-6-20(16)24/h2-3,5-9,12,14-15H,4,10-11,13H2,1H3,(H,23,25). The molecule has 0 saturated heterocycles. The van der Waals surface area contributed by atoms with Crippen LogP contribution in [0.4, 0.5) is 0 Å². The number of aromatic nitrogens is 1. The van der Waals surface area contributed by atoms with Gasteiger partial charge >= 0.3 is 0 Å². The molecule has 0 aliphatic heterocycles. The van der Waals surface area contributed by atoms with Crippen LogP contribution >= 0.6 is 0 Å². The predicted molar refractivity (Wildman–Crippen MR) is 106 cm³/mol. The Hall–Kier alpha value is -3.21. The number of hydrogen-bond donors (Lipinski definition) is 1. The fraction of sp³-hybridized carbons (Fsp3) is 0.227. The second-order valence-corrected chi connectivity index (χ2v) is 6.57. The summed E-state index contributed by atoms with van der Waals surface area (Å²) >= 11 is 0. The molecule has 5 nitrogen and oxygen atoms in total. The molecule has 4 aromatic rings. The quantitative estimate of drug-likeness (QED) is 0.503. The second kappa shape index (κ2) is 7.58. The zero-order valence-electron chi connectivity index (χ0n) is 15.3. The highest BCUT2D eigenvalue weighted by Crippen LogP contribution is 2.25. The molecule has 27 heavy (non-hydrogen) atoms. The van der Waals surface area contributed by atoms with Gasteiger partial charge in [-0.05, 0) is 36.1 Å². The molecule has 2 aromatic heterocycles. The molecule has 0 aliphatic rings. The Bertz CT molecular complexity index is 1080. The van der Waals surface area contributed by atoms with Crippen molar-refractivity contribution in [1.82, 2.24) is 9.88 Å².